The van der Waals surface area contributed by atoms with E-state index >= 15 is 0 Å². The second kappa shape index (κ2) is 6.26. The predicted octanol–water partition coefficient (Wildman–Crippen LogP) is 2.50. The molecule has 2 heterocycles. The Kier molecular flexibility index (Phi) is 4.00. The fraction of sp³-hybridized carbons (Fsp3) is 0.188. The Morgan fingerprint density at radius 2 is 2.09 bits per heavy atom. The number of hydrogen-bond acceptors (Lipinski definition) is 4. The van der Waals surface area contributed by atoms with Crippen LogP contribution in [-0.2, 0) is 11.3 Å². The molecule has 0 saturated heterocycles. The monoisotopic (exact) mass is 296 g/mol. The highest BCUT2D eigenvalue weighted by molar-refractivity contribution is 5.88. The van der Waals surface area contributed by atoms with E-state index in [1.165, 1.54) is 5.56 Å². The molecule has 2 aromatic heterocycles. The molecule has 22 heavy (non-hydrogen) atoms. The molecular weight excluding hydrogens is 280 g/mol. The smallest absolute Gasteiger partial charge is 0.356 e. The maximum Gasteiger partial charge on any atom is 0.356 e. The Bertz CT molecular complexity index is 761. The van der Waals surface area contributed by atoms with Crippen LogP contribution in [0.2, 0.25) is 0 Å². The molecule has 0 bridgehead atoms. The number of ether oxygens (including phenoxy) is 1. The maximum atomic E-state index is 11.6. The summed E-state index contributed by atoms with van der Waals surface area (Å²) in [7, 11) is 0. The normalized spacial score (nSPS) is 10.6. The summed E-state index contributed by atoms with van der Waals surface area (Å²) in [5.41, 5.74) is 2.85. The van der Waals surface area contributed by atoms with Gasteiger partial charge < -0.3 is 9.30 Å². The zero-order valence-corrected chi connectivity index (χ0v) is 12.2. The van der Waals surface area contributed by atoms with Crippen molar-refractivity contribution in [1.82, 2.24) is 19.7 Å². The number of rotatable bonds is 5. The van der Waals surface area contributed by atoms with Crippen LogP contribution in [-0.4, -0.2) is 32.3 Å². The summed E-state index contributed by atoms with van der Waals surface area (Å²) >= 11 is 0. The number of carbonyl (C=O) groups is 1. The summed E-state index contributed by atoms with van der Waals surface area (Å²) in [5, 5.41) is 6.78. The molecule has 0 unspecified atom stereocenters. The molecule has 0 aliphatic heterocycles. The minimum absolute atomic E-state index is 0.328. The van der Waals surface area contributed by atoms with E-state index in [-0.39, 0.29) is 0 Å². The van der Waals surface area contributed by atoms with Crippen LogP contribution in [0.5, 0.6) is 0 Å². The van der Waals surface area contributed by atoms with Gasteiger partial charge in [0.05, 0.1) is 12.9 Å². The van der Waals surface area contributed by atoms with E-state index in [4.69, 9.17) is 4.74 Å². The van der Waals surface area contributed by atoms with Gasteiger partial charge in [-0.2, -0.15) is 5.10 Å². The van der Waals surface area contributed by atoms with Gasteiger partial charge in [0.25, 0.3) is 0 Å². The molecule has 0 atom stereocenters. The van der Waals surface area contributed by atoms with Gasteiger partial charge in [-0.05, 0) is 12.5 Å². The van der Waals surface area contributed by atoms with E-state index < -0.39 is 5.97 Å². The predicted molar refractivity (Wildman–Crippen MR) is 81.3 cm³/mol. The van der Waals surface area contributed by atoms with Crippen LogP contribution in [0.4, 0.5) is 0 Å². The van der Waals surface area contributed by atoms with Gasteiger partial charge in [0, 0.05) is 18.8 Å². The number of nitrogens with one attached hydrogen (secondary N) is 1. The minimum atomic E-state index is -0.412. The van der Waals surface area contributed by atoms with Crippen molar-refractivity contribution in [3.05, 3.63) is 60.2 Å². The Balaban J connectivity index is 1.75. The number of aromatic nitrogens is 4. The third kappa shape index (κ3) is 3.06. The van der Waals surface area contributed by atoms with E-state index in [0.29, 0.717) is 23.7 Å². The number of aromatic amines is 1. The molecule has 0 spiro atoms. The van der Waals surface area contributed by atoms with Crippen LogP contribution < -0.4 is 0 Å². The number of benzene rings is 1. The number of hydrogen-bond donors (Lipinski definition) is 1. The van der Waals surface area contributed by atoms with Crippen molar-refractivity contribution in [2.75, 3.05) is 6.61 Å². The van der Waals surface area contributed by atoms with Crippen molar-refractivity contribution in [2.24, 2.45) is 0 Å². The topological polar surface area (TPSA) is 72.8 Å². The molecule has 0 saturated carbocycles. The van der Waals surface area contributed by atoms with Crippen LogP contribution in [0.3, 0.4) is 0 Å². The largest absolute Gasteiger partial charge is 0.461 e. The van der Waals surface area contributed by atoms with Gasteiger partial charge in [0.1, 0.15) is 17.1 Å². The lowest BCUT2D eigenvalue weighted by Gasteiger charge is -2.00. The highest BCUT2D eigenvalue weighted by atomic mass is 16.5. The molecule has 3 aromatic rings. The minimum Gasteiger partial charge on any atom is -0.461 e. The fourth-order valence-electron chi connectivity index (χ4n) is 2.14. The van der Waals surface area contributed by atoms with Crippen molar-refractivity contribution in [3.63, 3.8) is 0 Å². The summed E-state index contributed by atoms with van der Waals surface area (Å²) in [6, 6.07) is 11.8. The molecular formula is C16H16N4O2. The molecule has 0 aliphatic carbocycles. The second-order valence-electron chi connectivity index (χ2n) is 4.80. The summed E-state index contributed by atoms with van der Waals surface area (Å²) in [5.74, 6) is -0.412. The molecule has 0 fully saturated rings. The average molecular weight is 296 g/mol. The third-order valence-corrected chi connectivity index (χ3v) is 3.18. The summed E-state index contributed by atoms with van der Waals surface area (Å²) in [4.78, 5) is 15.9. The molecule has 3 rings (SSSR count). The van der Waals surface area contributed by atoms with E-state index in [9.17, 15) is 4.79 Å². The number of nitrogens with zero attached hydrogens (tertiary/aromatic N) is 3. The molecule has 0 amide bonds. The van der Waals surface area contributed by atoms with Crippen molar-refractivity contribution in [2.45, 2.75) is 13.5 Å². The highest BCUT2D eigenvalue weighted by Gasteiger charge is 2.13. The first kappa shape index (κ1) is 14.1. The second-order valence-corrected chi connectivity index (χ2v) is 4.80. The van der Waals surface area contributed by atoms with E-state index in [0.717, 1.165) is 6.54 Å². The van der Waals surface area contributed by atoms with Crippen molar-refractivity contribution in [1.29, 1.82) is 0 Å². The number of H-pyrrole nitrogens is 1. The van der Waals surface area contributed by atoms with Gasteiger partial charge in [-0.3, -0.25) is 5.10 Å². The lowest BCUT2D eigenvalue weighted by Crippen LogP contribution is -2.04. The van der Waals surface area contributed by atoms with Gasteiger partial charge in [-0.25, -0.2) is 9.78 Å². The number of esters is 1. The number of carbonyl (C=O) groups excluding carboxylic acids is 1. The van der Waals surface area contributed by atoms with Gasteiger partial charge in [0.15, 0.2) is 0 Å². The Hall–Kier alpha value is -2.89. The van der Waals surface area contributed by atoms with Gasteiger partial charge >= 0.3 is 5.97 Å². The molecule has 6 nitrogen and oxygen atoms in total. The molecule has 0 radical (unpaired) electrons. The molecule has 1 N–H and O–H groups in total. The summed E-state index contributed by atoms with van der Waals surface area (Å²) in [6.07, 6.45) is 3.65. The number of imidazole rings is 1. The van der Waals surface area contributed by atoms with Crippen molar-refractivity contribution < 1.29 is 9.53 Å². The Morgan fingerprint density at radius 1 is 1.27 bits per heavy atom. The van der Waals surface area contributed by atoms with Gasteiger partial charge in [-0.1, -0.05) is 30.3 Å². The SMILES string of the molecule is CCOC(=O)c1cc(-c2cn(Cc3ccccc3)cn2)n[nH]1. The van der Waals surface area contributed by atoms with Crippen molar-refractivity contribution in [3.8, 4) is 11.4 Å². The highest BCUT2D eigenvalue weighted by Crippen LogP contribution is 2.16. The molecule has 6 heteroatoms. The average Bonchev–Trinajstić information content (AvgIpc) is 3.17. The summed E-state index contributed by atoms with van der Waals surface area (Å²) in [6.45, 7) is 2.84. The lowest BCUT2D eigenvalue weighted by molar-refractivity contribution is 0.0519. The third-order valence-electron chi connectivity index (χ3n) is 3.18. The first-order chi connectivity index (χ1) is 10.8. The fourth-order valence-corrected chi connectivity index (χ4v) is 2.14. The first-order valence-electron chi connectivity index (χ1n) is 7.05. The van der Waals surface area contributed by atoms with Crippen LogP contribution in [0.15, 0.2) is 48.9 Å². The van der Waals surface area contributed by atoms with E-state index in [1.54, 1.807) is 19.3 Å². The zero-order chi connectivity index (χ0) is 15.4. The quantitative estimate of drug-likeness (QED) is 0.734. The Morgan fingerprint density at radius 3 is 2.86 bits per heavy atom. The van der Waals surface area contributed by atoms with E-state index in [2.05, 4.69) is 27.3 Å². The standard InChI is InChI=1S/C16H16N4O2/c1-2-22-16(21)14-8-13(18-19-14)15-10-20(11-17-15)9-12-6-4-3-5-7-12/h3-8,10-11H,2,9H2,1H3,(H,18,19). The van der Waals surface area contributed by atoms with Crippen LogP contribution >= 0.6 is 0 Å². The molecule has 1 aromatic carbocycles. The Labute approximate surface area is 127 Å². The molecule has 0 aliphatic rings. The van der Waals surface area contributed by atoms with E-state index in [1.807, 2.05) is 29.0 Å². The first-order valence-corrected chi connectivity index (χ1v) is 7.05. The van der Waals surface area contributed by atoms with Crippen LogP contribution in [0.1, 0.15) is 23.0 Å². The van der Waals surface area contributed by atoms with Crippen molar-refractivity contribution >= 4 is 5.97 Å². The van der Waals surface area contributed by atoms with Gasteiger partial charge in [-0.15, -0.1) is 0 Å². The van der Waals surface area contributed by atoms with Crippen LogP contribution in [0, 0.1) is 0 Å². The summed E-state index contributed by atoms with van der Waals surface area (Å²) < 4.78 is 6.90. The van der Waals surface area contributed by atoms with Crippen LogP contribution in [0.25, 0.3) is 11.4 Å². The van der Waals surface area contributed by atoms with Gasteiger partial charge in [0.2, 0.25) is 0 Å². The maximum absolute atomic E-state index is 11.6. The molecule has 112 valence electrons. The zero-order valence-electron chi connectivity index (χ0n) is 12.2. The lowest BCUT2D eigenvalue weighted by atomic mass is 10.2.